The van der Waals surface area contributed by atoms with Crippen molar-refractivity contribution in [3.63, 3.8) is 0 Å². The molecule has 1 aliphatic carbocycles. The lowest BCUT2D eigenvalue weighted by atomic mass is 9.87. The van der Waals surface area contributed by atoms with E-state index >= 15 is 0 Å². The number of nitrogens with one attached hydrogen (secondary N) is 1. The first-order chi connectivity index (χ1) is 9.74. The number of imidazole rings is 1. The smallest absolute Gasteiger partial charge is 0.161 e. The van der Waals surface area contributed by atoms with Gasteiger partial charge in [0.2, 0.25) is 0 Å². The molecule has 0 amide bonds. The monoisotopic (exact) mass is 270 g/mol. The Bertz CT molecular complexity index is 567. The molecule has 1 saturated carbocycles. The van der Waals surface area contributed by atoms with E-state index in [4.69, 9.17) is 0 Å². The zero-order valence-electron chi connectivity index (χ0n) is 12.2. The van der Waals surface area contributed by atoms with Crippen molar-refractivity contribution in [3.8, 4) is 5.82 Å². The van der Waals surface area contributed by atoms with Crippen LogP contribution in [0.4, 0.5) is 5.69 Å². The van der Waals surface area contributed by atoms with Gasteiger partial charge in [0.1, 0.15) is 5.82 Å². The number of hydrogen-bond donors (Lipinski definition) is 1. The number of hydrogen-bond acceptors (Lipinski definition) is 3. The first-order valence-electron chi connectivity index (χ1n) is 7.46. The van der Waals surface area contributed by atoms with Crippen LogP contribution in [-0.2, 0) is 0 Å². The lowest BCUT2D eigenvalue weighted by Gasteiger charge is -2.28. The molecule has 20 heavy (non-hydrogen) atoms. The van der Waals surface area contributed by atoms with Gasteiger partial charge < -0.3 is 5.32 Å². The summed E-state index contributed by atoms with van der Waals surface area (Å²) in [7, 11) is 0. The van der Waals surface area contributed by atoms with Crippen molar-refractivity contribution in [1.82, 2.24) is 14.5 Å². The molecule has 4 heteroatoms. The number of anilines is 1. The molecular weight excluding hydrogens is 248 g/mol. The molecule has 2 aromatic heterocycles. The minimum absolute atomic E-state index is 0.568. The topological polar surface area (TPSA) is 42.7 Å². The third-order valence-electron chi connectivity index (χ3n) is 4.22. The standard InChI is InChI=1S/C16H22N4/c1-12-5-7-14(8-6-12)19-15-4-3-9-18-16(15)20-11-10-17-13(20)2/h3-4,9-12,14,19H,5-8H2,1-2H3. The molecule has 3 rings (SSSR count). The van der Waals surface area contributed by atoms with Crippen LogP contribution in [0.1, 0.15) is 38.4 Å². The van der Waals surface area contributed by atoms with Gasteiger partial charge in [0.25, 0.3) is 0 Å². The van der Waals surface area contributed by atoms with Crippen molar-refractivity contribution in [3.05, 3.63) is 36.5 Å². The largest absolute Gasteiger partial charge is 0.379 e. The highest BCUT2D eigenvalue weighted by Gasteiger charge is 2.19. The van der Waals surface area contributed by atoms with Crippen molar-refractivity contribution >= 4 is 5.69 Å². The van der Waals surface area contributed by atoms with Gasteiger partial charge in [0, 0.05) is 24.6 Å². The average molecular weight is 270 g/mol. The van der Waals surface area contributed by atoms with Gasteiger partial charge in [-0.3, -0.25) is 4.57 Å². The Balaban J connectivity index is 1.82. The van der Waals surface area contributed by atoms with Crippen molar-refractivity contribution in [2.45, 2.75) is 45.6 Å². The summed E-state index contributed by atoms with van der Waals surface area (Å²) in [4.78, 5) is 8.81. The van der Waals surface area contributed by atoms with E-state index in [-0.39, 0.29) is 0 Å². The van der Waals surface area contributed by atoms with Crippen LogP contribution in [0.25, 0.3) is 5.82 Å². The van der Waals surface area contributed by atoms with Gasteiger partial charge in [-0.1, -0.05) is 6.92 Å². The second kappa shape index (κ2) is 5.65. The fraction of sp³-hybridized carbons (Fsp3) is 0.500. The SMILES string of the molecule is Cc1nccn1-c1ncccc1NC1CCC(C)CC1. The van der Waals surface area contributed by atoms with Crippen LogP contribution < -0.4 is 5.32 Å². The zero-order chi connectivity index (χ0) is 13.9. The summed E-state index contributed by atoms with van der Waals surface area (Å²) in [5, 5.41) is 3.67. The first-order valence-corrected chi connectivity index (χ1v) is 7.46. The van der Waals surface area contributed by atoms with Gasteiger partial charge >= 0.3 is 0 Å². The van der Waals surface area contributed by atoms with Crippen LogP contribution in [0.5, 0.6) is 0 Å². The maximum absolute atomic E-state index is 4.52. The van der Waals surface area contributed by atoms with Crippen LogP contribution >= 0.6 is 0 Å². The molecule has 0 aromatic carbocycles. The Morgan fingerprint density at radius 3 is 2.65 bits per heavy atom. The Morgan fingerprint density at radius 1 is 1.15 bits per heavy atom. The summed E-state index contributed by atoms with van der Waals surface area (Å²) < 4.78 is 2.04. The van der Waals surface area contributed by atoms with Crippen LogP contribution in [0.15, 0.2) is 30.7 Å². The Kier molecular flexibility index (Phi) is 3.72. The molecule has 106 valence electrons. The summed E-state index contributed by atoms with van der Waals surface area (Å²) in [6.45, 7) is 4.35. The minimum atomic E-state index is 0.568. The molecule has 2 aromatic rings. The molecule has 1 aliphatic rings. The van der Waals surface area contributed by atoms with E-state index in [0.717, 1.165) is 23.2 Å². The van der Waals surface area contributed by atoms with E-state index in [2.05, 4.69) is 28.3 Å². The van der Waals surface area contributed by atoms with Crippen LogP contribution in [-0.4, -0.2) is 20.6 Å². The molecular formula is C16H22N4. The number of aromatic nitrogens is 3. The number of rotatable bonds is 3. The second-order valence-corrected chi connectivity index (χ2v) is 5.82. The number of nitrogens with zero attached hydrogens (tertiary/aromatic N) is 3. The summed E-state index contributed by atoms with van der Waals surface area (Å²) in [6, 6.07) is 4.67. The van der Waals surface area contributed by atoms with E-state index in [0.29, 0.717) is 6.04 Å². The van der Waals surface area contributed by atoms with Crippen molar-refractivity contribution in [1.29, 1.82) is 0 Å². The van der Waals surface area contributed by atoms with E-state index in [1.807, 2.05) is 36.1 Å². The van der Waals surface area contributed by atoms with Gasteiger partial charge in [-0.2, -0.15) is 0 Å². The van der Waals surface area contributed by atoms with E-state index < -0.39 is 0 Å². The van der Waals surface area contributed by atoms with Crippen LogP contribution in [0.2, 0.25) is 0 Å². The Labute approximate surface area is 120 Å². The first kappa shape index (κ1) is 13.2. The molecule has 0 spiro atoms. The predicted octanol–water partition coefficient (Wildman–Crippen LogP) is 3.57. The third kappa shape index (κ3) is 2.69. The van der Waals surface area contributed by atoms with Gasteiger partial charge in [0.15, 0.2) is 5.82 Å². The van der Waals surface area contributed by atoms with Gasteiger partial charge in [-0.15, -0.1) is 0 Å². The molecule has 0 atom stereocenters. The van der Waals surface area contributed by atoms with E-state index in [9.17, 15) is 0 Å². The quantitative estimate of drug-likeness (QED) is 0.927. The maximum Gasteiger partial charge on any atom is 0.161 e. The normalized spacial score (nSPS) is 22.7. The fourth-order valence-electron chi connectivity index (χ4n) is 2.93. The second-order valence-electron chi connectivity index (χ2n) is 5.82. The lowest BCUT2D eigenvalue weighted by molar-refractivity contribution is 0.361. The van der Waals surface area contributed by atoms with Crippen molar-refractivity contribution in [2.75, 3.05) is 5.32 Å². The molecule has 0 aliphatic heterocycles. The Hall–Kier alpha value is -1.84. The predicted molar refractivity (Wildman–Crippen MR) is 81.1 cm³/mol. The molecule has 1 N–H and O–H groups in total. The molecule has 0 bridgehead atoms. The van der Waals surface area contributed by atoms with Crippen LogP contribution in [0, 0.1) is 12.8 Å². The summed E-state index contributed by atoms with van der Waals surface area (Å²) in [6.07, 6.45) is 10.7. The summed E-state index contributed by atoms with van der Waals surface area (Å²) in [5.74, 6) is 2.78. The highest BCUT2D eigenvalue weighted by Crippen LogP contribution is 2.27. The van der Waals surface area contributed by atoms with Crippen molar-refractivity contribution < 1.29 is 0 Å². The summed E-state index contributed by atoms with van der Waals surface area (Å²) in [5.41, 5.74) is 1.10. The highest BCUT2D eigenvalue weighted by atomic mass is 15.1. The molecule has 2 heterocycles. The molecule has 1 fully saturated rings. The zero-order valence-corrected chi connectivity index (χ0v) is 12.2. The van der Waals surface area contributed by atoms with Crippen molar-refractivity contribution in [2.24, 2.45) is 5.92 Å². The summed E-state index contributed by atoms with van der Waals surface area (Å²) >= 11 is 0. The average Bonchev–Trinajstić information content (AvgIpc) is 2.88. The maximum atomic E-state index is 4.52. The number of aryl methyl sites for hydroxylation is 1. The Morgan fingerprint density at radius 2 is 1.95 bits per heavy atom. The van der Waals surface area contributed by atoms with E-state index in [1.54, 1.807) is 0 Å². The van der Waals surface area contributed by atoms with E-state index in [1.165, 1.54) is 25.7 Å². The molecule has 0 unspecified atom stereocenters. The molecule has 0 saturated heterocycles. The van der Waals surface area contributed by atoms with Gasteiger partial charge in [-0.05, 0) is 50.7 Å². The van der Waals surface area contributed by atoms with Gasteiger partial charge in [-0.25, -0.2) is 9.97 Å². The van der Waals surface area contributed by atoms with Gasteiger partial charge in [0.05, 0.1) is 5.69 Å². The minimum Gasteiger partial charge on any atom is -0.379 e. The number of pyridine rings is 1. The highest BCUT2D eigenvalue weighted by molar-refractivity contribution is 5.57. The lowest BCUT2D eigenvalue weighted by Crippen LogP contribution is -2.26. The third-order valence-corrected chi connectivity index (χ3v) is 4.22. The fourth-order valence-corrected chi connectivity index (χ4v) is 2.93. The molecule has 4 nitrogen and oxygen atoms in total. The molecule has 0 radical (unpaired) electrons. The van der Waals surface area contributed by atoms with Crippen LogP contribution in [0.3, 0.4) is 0 Å².